The van der Waals surface area contributed by atoms with Gasteiger partial charge in [0.2, 0.25) is 0 Å². The van der Waals surface area contributed by atoms with Crippen molar-refractivity contribution in [1.29, 1.82) is 0 Å². The number of pyridine rings is 1. The van der Waals surface area contributed by atoms with Crippen LogP contribution in [0.2, 0.25) is 0 Å². The van der Waals surface area contributed by atoms with Crippen molar-refractivity contribution in [2.45, 2.75) is 12.3 Å². The first kappa shape index (κ1) is 11.1. The van der Waals surface area contributed by atoms with Gasteiger partial charge in [0.1, 0.15) is 5.82 Å². The lowest BCUT2D eigenvalue weighted by molar-refractivity contribution is 0.800. The molecule has 1 aliphatic heterocycles. The van der Waals surface area contributed by atoms with Crippen molar-refractivity contribution in [2.75, 3.05) is 29.5 Å². The van der Waals surface area contributed by atoms with Crippen LogP contribution in [0.15, 0.2) is 18.3 Å². The first-order valence-corrected chi connectivity index (χ1v) is 6.92. The fourth-order valence-corrected chi connectivity index (χ4v) is 2.74. The monoisotopic (exact) mass is 242 g/mol. The van der Waals surface area contributed by atoms with E-state index in [0.29, 0.717) is 5.88 Å². The normalized spacial score (nSPS) is 17.5. The van der Waals surface area contributed by atoms with Crippen molar-refractivity contribution < 1.29 is 0 Å². The molecule has 82 valence electrons. The van der Waals surface area contributed by atoms with E-state index >= 15 is 0 Å². The molecule has 0 aliphatic carbocycles. The maximum atomic E-state index is 5.82. The van der Waals surface area contributed by atoms with Gasteiger partial charge >= 0.3 is 0 Å². The first-order chi connectivity index (χ1) is 7.40. The fraction of sp³-hybridized carbons (Fsp3) is 0.545. The minimum atomic E-state index is 0.568. The highest BCUT2D eigenvalue weighted by Gasteiger charge is 2.10. The Hall–Kier alpha value is -0.410. The number of aromatic nitrogens is 1. The van der Waals surface area contributed by atoms with Crippen LogP contribution in [0.1, 0.15) is 12.0 Å². The molecule has 0 spiro atoms. The molecule has 0 atom stereocenters. The summed E-state index contributed by atoms with van der Waals surface area (Å²) in [5, 5.41) is 0. The quantitative estimate of drug-likeness (QED) is 0.742. The van der Waals surface area contributed by atoms with Gasteiger partial charge in [-0.05, 0) is 29.9 Å². The number of hydrogen-bond acceptors (Lipinski definition) is 3. The standard InChI is InChI=1S/C11H15ClN2S/c12-9-10-2-3-13-11(8-10)14-4-1-6-15-7-5-14/h2-3,8H,1,4-7,9H2. The second kappa shape index (κ2) is 5.61. The molecule has 1 aromatic heterocycles. The summed E-state index contributed by atoms with van der Waals surface area (Å²) in [5.41, 5.74) is 1.15. The Balaban J connectivity index is 2.12. The van der Waals surface area contributed by atoms with Crippen LogP contribution in [0.5, 0.6) is 0 Å². The van der Waals surface area contributed by atoms with E-state index in [2.05, 4.69) is 16.0 Å². The predicted molar refractivity (Wildman–Crippen MR) is 67.9 cm³/mol. The Morgan fingerprint density at radius 2 is 2.33 bits per heavy atom. The van der Waals surface area contributed by atoms with Gasteiger partial charge in [-0.25, -0.2) is 4.98 Å². The minimum absolute atomic E-state index is 0.568. The lowest BCUT2D eigenvalue weighted by Crippen LogP contribution is -2.26. The highest BCUT2D eigenvalue weighted by Crippen LogP contribution is 2.18. The number of rotatable bonds is 2. The number of halogens is 1. The molecule has 0 amide bonds. The van der Waals surface area contributed by atoms with E-state index in [4.69, 9.17) is 11.6 Å². The summed E-state index contributed by atoms with van der Waals surface area (Å²) in [5.74, 6) is 4.12. The summed E-state index contributed by atoms with van der Waals surface area (Å²) in [6, 6.07) is 4.08. The Morgan fingerprint density at radius 3 is 3.20 bits per heavy atom. The molecule has 1 aromatic rings. The molecule has 0 N–H and O–H groups in total. The predicted octanol–water partition coefficient (Wildman–Crippen LogP) is 2.76. The average molecular weight is 243 g/mol. The van der Waals surface area contributed by atoms with Crippen molar-refractivity contribution in [3.63, 3.8) is 0 Å². The van der Waals surface area contributed by atoms with Crippen molar-refractivity contribution >= 4 is 29.2 Å². The molecule has 4 heteroatoms. The summed E-state index contributed by atoms with van der Waals surface area (Å²) in [6.07, 6.45) is 3.10. The van der Waals surface area contributed by atoms with Crippen LogP contribution in [-0.4, -0.2) is 29.6 Å². The summed E-state index contributed by atoms with van der Waals surface area (Å²) in [7, 11) is 0. The Kier molecular flexibility index (Phi) is 4.15. The van der Waals surface area contributed by atoms with Crippen LogP contribution >= 0.6 is 23.4 Å². The Bertz CT molecular complexity index is 311. The summed E-state index contributed by atoms with van der Waals surface area (Å²) >= 11 is 7.85. The van der Waals surface area contributed by atoms with E-state index in [1.165, 1.54) is 17.9 Å². The fourth-order valence-electron chi connectivity index (χ4n) is 1.69. The van der Waals surface area contributed by atoms with Gasteiger partial charge in [-0.2, -0.15) is 11.8 Å². The van der Waals surface area contributed by atoms with Gasteiger partial charge in [-0.3, -0.25) is 0 Å². The lowest BCUT2D eigenvalue weighted by Gasteiger charge is -2.21. The van der Waals surface area contributed by atoms with Gasteiger partial charge in [-0.1, -0.05) is 0 Å². The van der Waals surface area contributed by atoms with Crippen LogP contribution in [0.25, 0.3) is 0 Å². The topological polar surface area (TPSA) is 16.1 Å². The van der Waals surface area contributed by atoms with Crippen LogP contribution in [0.4, 0.5) is 5.82 Å². The Labute approximate surface area is 100 Å². The summed E-state index contributed by atoms with van der Waals surface area (Å²) in [4.78, 5) is 6.77. The number of nitrogens with zero attached hydrogens (tertiary/aromatic N) is 2. The molecule has 0 aromatic carbocycles. The molecule has 2 rings (SSSR count). The van der Waals surface area contributed by atoms with Crippen molar-refractivity contribution in [1.82, 2.24) is 4.98 Å². The van der Waals surface area contributed by atoms with Crippen LogP contribution in [0, 0.1) is 0 Å². The summed E-state index contributed by atoms with van der Waals surface area (Å²) < 4.78 is 0. The molecule has 15 heavy (non-hydrogen) atoms. The van der Waals surface area contributed by atoms with Gasteiger partial charge in [0.05, 0.1) is 0 Å². The number of alkyl halides is 1. The van der Waals surface area contributed by atoms with Crippen molar-refractivity contribution in [2.24, 2.45) is 0 Å². The van der Waals surface area contributed by atoms with E-state index in [1.807, 2.05) is 24.0 Å². The SMILES string of the molecule is ClCc1ccnc(N2CCCSCC2)c1. The summed E-state index contributed by atoms with van der Waals surface area (Å²) in [6.45, 7) is 2.22. The van der Waals surface area contributed by atoms with E-state index in [0.717, 1.165) is 24.5 Å². The zero-order valence-corrected chi connectivity index (χ0v) is 10.2. The van der Waals surface area contributed by atoms with Crippen LogP contribution in [-0.2, 0) is 5.88 Å². The largest absolute Gasteiger partial charge is 0.356 e. The van der Waals surface area contributed by atoms with Crippen molar-refractivity contribution in [3.8, 4) is 0 Å². The minimum Gasteiger partial charge on any atom is -0.356 e. The zero-order valence-electron chi connectivity index (χ0n) is 8.66. The van der Waals surface area contributed by atoms with E-state index in [1.54, 1.807) is 0 Å². The van der Waals surface area contributed by atoms with Gasteiger partial charge in [0, 0.05) is 30.9 Å². The number of hydrogen-bond donors (Lipinski definition) is 0. The molecule has 0 bridgehead atoms. The number of anilines is 1. The van der Waals surface area contributed by atoms with E-state index < -0.39 is 0 Å². The highest BCUT2D eigenvalue weighted by molar-refractivity contribution is 7.99. The molecule has 1 saturated heterocycles. The molecule has 1 aliphatic rings. The van der Waals surface area contributed by atoms with Crippen LogP contribution < -0.4 is 4.90 Å². The molecule has 0 radical (unpaired) electrons. The van der Waals surface area contributed by atoms with E-state index in [9.17, 15) is 0 Å². The molecule has 0 unspecified atom stereocenters. The van der Waals surface area contributed by atoms with Crippen molar-refractivity contribution in [3.05, 3.63) is 23.9 Å². The molecular formula is C11H15ClN2S. The van der Waals surface area contributed by atoms with Crippen LogP contribution in [0.3, 0.4) is 0 Å². The average Bonchev–Trinajstić information content (AvgIpc) is 2.58. The molecule has 2 heterocycles. The first-order valence-electron chi connectivity index (χ1n) is 5.24. The molecule has 0 saturated carbocycles. The smallest absolute Gasteiger partial charge is 0.128 e. The maximum Gasteiger partial charge on any atom is 0.128 e. The second-order valence-corrected chi connectivity index (χ2v) is 5.10. The molecule has 2 nitrogen and oxygen atoms in total. The van der Waals surface area contributed by atoms with Gasteiger partial charge in [0.15, 0.2) is 0 Å². The van der Waals surface area contributed by atoms with Gasteiger partial charge in [0.25, 0.3) is 0 Å². The lowest BCUT2D eigenvalue weighted by atomic mass is 10.3. The third kappa shape index (κ3) is 3.02. The van der Waals surface area contributed by atoms with E-state index in [-0.39, 0.29) is 0 Å². The molecule has 1 fully saturated rings. The third-order valence-corrected chi connectivity index (χ3v) is 3.87. The highest BCUT2D eigenvalue weighted by atomic mass is 35.5. The Morgan fingerprint density at radius 1 is 1.40 bits per heavy atom. The van der Waals surface area contributed by atoms with Gasteiger partial charge < -0.3 is 4.90 Å². The zero-order chi connectivity index (χ0) is 10.5. The number of thioether (sulfide) groups is 1. The third-order valence-electron chi connectivity index (χ3n) is 2.51. The van der Waals surface area contributed by atoms with Gasteiger partial charge in [-0.15, -0.1) is 11.6 Å². The maximum absolute atomic E-state index is 5.82. The second-order valence-electron chi connectivity index (χ2n) is 3.61. The molecular weight excluding hydrogens is 228 g/mol.